The van der Waals surface area contributed by atoms with Crippen LogP contribution in [-0.2, 0) is 4.79 Å². The molecule has 1 heterocycles. The second kappa shape index (κ2) is 6.49. The molecule has 1 rings (SSSR count). The van der Waals surface area contributed by atoms with E-state index in [0.29, 0.717) is 11.4 Å². The summed E-state index contributed by atoms with van der Waals surface area (Å²) >= 11 is 0. The first-order valence-corrected chi connectivity index (χ1v) is 5.63. The van der Waals surface area contributed by atoms with Crippen molar-refractivity contribution < 1.29 is 9.59 Å². The number of aromatic nitrogens is 1. The van der Waals surface area contributed by atoms with Gasteiger partial charge in [-0.2, -0.15) is 0 Å². The van der Waals surface area contributed by atoms with Crippen LogP contribution in [0.5, 0.6) is 0 Å². The molecule has 0 aliphatic heterocycles. The number of allylic oxidation sites excluding steroid dienone is 2. The van der Waals surface area contributed by atoms with Crippen LogP contribution in [0.2, 0.25) is 0 Å². The van der Waals surface area contributed by atoms with Gasteiger partial charge in [0.15, 0.2) is 0 Å². The number of rotatable bonds is 5. The topological polar surface area (TPSA) is 59.1 Å². The molecular formula is C14H16N2O2. The highest BCUT2D eigenvalue weighted by Crippen LogP contribution is 2.11. The number of aldehydes is 1. The fraction of sp³-hybridized carbons (Fsp3) is 0.214. The Bertz CT molecular complexity index is 475. The molecule has 0 spiro atoms. The van der Waals surface area contributed by atoms with Crippen molar-refractivity contribution in [3.63, 3.8) is 0 Å². The van der Waals surface area contributed by atoms with Gasteiger partial charge in [0.1, 0.15) is 12.0 Å². The lowest BCUT2D eigenvalue weighted by atomic mass is 10.1. The third kappa shape index (κ3) is 3.38. The summed E-state index contributed by atoms with van der Waals surface area (Å²) in [5.74, 6) is -0.512. The van der Waals surface area contributed by atoms with Crippen LogP contribution in [0.15, 0.2) is 42.8 Å². The van der Waals surface area contributed by atoms with E-state index in [0.717, 1.165) is 11.8 Å². The van der Waals surface area contributed by atoms with Crippen molar-refractivity contribution in [2.24, 2.45) is 0 Å². The Balaban J connectivity index is 2.82. The average molecular weight is 244 g/mol. The molecule has 0 aliphatic rings. The van der Waals surface area contributed by atoms with Gasteiger partial charge in [-0.1, -0.05) is 25.6 Å². The molecule has 0 saturated heterocycles. The largest absolute Gasteiger partial charge is 0.321 e. The number of pyridine rings is 1. The van der Waals surface area contributed by atoms with E-state index >= 15 is 0 Å². The number of carbonyl (C=O) groups is 2. The van der Waals surface area contributed by atoms with E-state index in [4.69, 9.17) is 0 Å². The van der Waals surface area contributed by atoms with Gasteiger partial charge >= 0.3 is 0 Å². The molecule has 4 heteroatoms. The molecule has 0 fully saturated rings. The zero-order valence-corrected chi connectivity index (χ0v) is 10.5. The van der Waals surface area contributed by atoms with Gasteiger partial charge in [0, 0.05) is 17.8 Å². The molecule has 94 valence electrons. The maximum Gasteiger partial charge on any atom is 0.274 e. The van der Waals surface area contributed by atoms with E-state index in [-0.39, 0.29) is 11.8 Å². The fourth-order valence-electron chi connectivity index (χ4n) is 1.32. The molecule has 1 aromatic rings. The molecule has 4 nitrogen and oxygen atoms in total. The first-order valence-electron chi connectivity index (χ1n) is 5.63. The number of carbonyl (C=O) groups excluding carboxylic acids is 2. The van der Waals surface area contributed by atoms with Crippen molar-refractivity contribution in [2.45, 2.75) is 19.8 Å². The van der Waals surface area contributed by atoms with E-state index in [2.05, 4.69) is 16.9 Å². The zero-order chi connectivity index (χ0) is 13.5. The monoisotopic (exact) mass is 244 g/mol. The molecule has 0 aromatic carbocycles. The molecule has 0 saturated carbocycles. The Morgan fingerprint density at radius 2 is 2.22 bits per heavy atom. The van der Waals surface area contributed by atoms with Crippen molar-refractivity contribution in [2.75, 3.05) is 0 Å². The van der Waals surface area contributed by atoms with Gasteiger partial charge in [0.2, 0.25) is 0 Å². The van der Waals surface area contributed by atoms with Gasteiger partial charge in [-0.25, -0.2) is 0 Å². The molecule has 0 bridgehead atoms. The first-order chi connectivity index (χ1) is 8.62. The molecular weight excluding hydrogens is 228 g/mol. The Hall–Kier alpha value is -2.23. The normalized spacial score (nSPS) is 12.7. The lowest BCUT2D eigenvalue weighted by Gasteiger charge is -2.06. The van der Waals surface area contributed by atoms with Crippen LogP contribution in [0.3, 0.4) is 0 Å². The number of nitrogens with one attached hydrogen (secondary N) is 1. The van der Waals surface area contributed by atoms with Crippen molar-refractivity contribution >= 4 is 12.2 Å². The second-order valence-corrected chi connectivity index (χ2v) is 3.80. The summed E-state index contributed by atoms with van der Waals surface area (Å²) in [7, 11) is 0. The van der Waals surface area contributed by atoms with E-state index in [1.165, 1.54) is 6.20 Å². The quantitative estimate of drug-likeness (QED) is 0.638. The van der Waals surface area contributed by atoms with Gasteiger partial charge < -0.3 is 10.1 Å². The maximum absolute atomic E-state index is 11.8. The van der Waals surface area contributed by atoms with Crippen LogP contribution in [-0.4, -0.2) is 17.2 Å². The number of hydrogen-bond acceptors (Lipinski definition) is 3. The summed E-state index contributed by atoms with van der Waals surface area (Å²) in [4.78, 5) is 26.5. The highest BCUT2D eigenvalue weighted by atomic mass is 16.1. The van der Waals surface area contributed by atoms with Crippen LogP contribution >= 0.6 is 0 Å². The summed E-state index contributed by atoms with van der Waals surface area (Å²) in [5, 5.41) is 2.67. The highest BCUT2D eigenvalue weighted by Gasteiger charge is 2.09. The lowest BCUT2D eigenvalue weighted by Crippen LogP contribution is -2.22. The molecule has 18 heavy (non-hydrogen) atoms. The van der Waals surface area contributed by atoms with Crippen LogP contribution in [0.25, 0.3) is 0 Å². The Kier molecular flexibility index (Phi) is 4.99. The lowest BCUT2D eigenvalue weighted by molar-refractivity contribution is -0.108. The molecule has 0 aliphatic carbocycles. The van der Waals surface area contributed by atoms with Crippen molar-refractivity contribution in [1.29, 1.82) is 0 Å². The van der Waals surface area contributed by atoms with Crippen LogP contribution < -0.4 is 5.32 Å². The SMILES string of the molecule is C=C/C(=C\C)NC(=O)c1ccc(C(C)C=O)cn1. The second-order valence-electron chi connectivity index (χ2n) is 3.80. The number of nitrogens with zero attached hydrogens (tertiary/aromatic N) is 1. The highest BCUT2D eigenvalue weighted by molar-refractivity contribution is 5.93. The van der Waals surface area contributed by atoms with Gasteiger partial charge in [-0.3, -0.25) is 9.78 Å². The molecule has 0 radical (unpaired) electrons. The summed E-state index contributed by atoms with van der Waals surface area (Å²) in [6.07, 6.45) is 5.68. The van der Waals surface area contributed by atoms with E-state index in [9.17, 15) is 9.59 Å². The van der Waals surface area contributed by atoms with E-state index in [1.54, 1.807) is 38.1 Å². The van der Waals surface area contributed by atoms with Gasteiger partial charge in [-0.15, -0.1) is 0 Å². The fourth-order valence-corrected chi connectivity index (χ4v) is 1.32. The van der Waals surface area contributed by atoms with Gasteiger partial charge in [-0.05, 0) is 24.6 Å². The molecule has 1 aromatic heterocycles. The average Bonchev–Trinajstić information content (AvgIpc) is 2.43. The number of amides is 1. The Morgan fingerprint density at radius 1 is 1.50 bits per heavy atom. The van der Waals surface area contributed by atoms with Crippen molar-refractivity contribution in [3.05, 3.63) is 54.0 Å². The first kappa shape index (κ1) is 13.8. The van der Waals surface area contributed by atoms with E-state index < -0.39 is 0 Å². The minimum Gasteiger partial charge on any atom is -0.321 e. The Labute approximate surface area is 106 Å². The standard InChI is InChI=1S/C14H16N2O2/c1-4-12(5-2)16-14(18)13-7-6-11(8-15-13)10(3)9-17/h4-10H,1H2,2-3H3,(H,16,18)/b12-5+. The van der Waals surface area contributed by atoms with Crippen LogP contribution in [0.1, 0.15) is 35.8 Å². The predicted octanol–water partition coefficient (Wildman–Crippen LogP) is 2.20. The molecule has 1 amide bonds. The third-order valence-electron chi connectivity index (χ3n) is 2.54. The predicted molar refractivity (Wildman–Crippen MR) is 70.1 cm³/mol. The minimum atomic E-state index is -0.298. The summed E-state index contributed by atoms with van der Waals surface area (Å²) in [6, 6.07) is 3.32. The van der Waals surface area contributed by atoms with Crippen LogP contribution in [0, 0.1) is 0 Å². The summed E-state index contributed by atoms with van der Waals surface area (Å²) in [5.41, 5.74) is 1.72. The molecule has 1 N–H and O–H groups in total. The van der Waals surface area contributed by atoms with Gasteiger partial charge in [0.25, 0.3) is 5.91 Å². The summed E-state index contributed by atoms with van der Waals surface area (Å²) in [6.45, 7) is 7.17. The smallest absolute Gasteiger partial charge is 0.274 e. The summed E-state index contributed by atoms with van der Waals surface area (Å²) < 4.78 is 0. The molecule has 1 unspecified atom stereocenters. The number of hydrogen-bond donors (Lipinski definition) is 1. The van der Waals surface area contributed by atoms with Gasteiger partial charge in [0.05, 0.1) is 0 Å². The zero-order valence-electron chi connectivity index (χ0n) is 10.5. The maximum atomic E-state index is 11.8. The minimum absolute atomic E-state index is 0.214. The molecule has 1 atom stereocenters. The third-order valence-corrected chi connectivity index (χ3v) is 2.54. The Morgan fingerprint density at radius 3 is 2.67 bits per heavy atom. The van der Waals surface area contributed by atoms with Crippen molar-refractivity contribution in [1.82, 2.24) is 10.3 Å². The van der Waals surface area contributed by atoms with Crippen LogP contribution in [0.4, 0.5) is 0 Å². The van der Waals surface area contributed by atoms with E-state index in [1.807, 2.05) is 0 Å². The van der Waals surface area contributed by atoms with Crippen molar-refractivity contribution in [3.8, 4) is 0 Å².